The maximum absolute atomic E-state index is 10.5. The van der Waals surface area contributed by atoms with Crippen LogP contribution in [-0.2, 0) is 9.47 Å². The zero-order valence-corrected chi connectivity index (χ0v) is 18.8. The number of hydrogen-bond donors (Lipinski definition) is 1. The zero-order valence-electron chi connectivity index (χ0n) is 18.1. The van der Waals surface area contributed by atoms with Gasteiger partial charge in [0.1, 0.15) is 6.10 Å². The van der Waals surface area contributed by atoms with E-state index in [4.69, 9.17) is 26.5 Å². The van der Waals surface area contributed by atoms with E-state index in [0.717, 1.165) is 38.5 Å². The molecule has 1 aliphatic carbocycles. The van der Waals surface area contributed by atoms with Gasteiger partial charge in [-0.1, -0.05) is 74.7 Å². The van der Waals surface area contributed by atoms with E-state index in [1.807, 2.05) is 0 Å². The topological polar surface area (TPSA) is 114 Å². The molecule has 4 rings (SSSR count). The Hall–Kier alpha value is -2.59. The van der Waals surface area contributed by atoms with E-state index in [9.17, 15) is 15.8 Å². The van der Waals surface area contributed by atoms with Gasteiger partial charge in [0, 0.05) is 17.0 Å². The van der Waals surface area contributed by atoms with Crippen LogP contribution in [-0.4, -0.2) is 11.7 Å². The smallest absolute Gasteiger partial charge is 0.217 e. The Balaban J connectivity index is 1.91. The highest BCUT2D eigenvalue weighted by Gasteiger charge is 2.80. The molecule has 3 aliphatic rings. The SMILES string of the molecule is N#CC1(C#N)C(c2ccccc2Cl)OC23CCCCCCCCCCC2C1(C#N)C(=N)O3. The Morgan fingerprint density at radius 2 is 1.53 bits per heavy atom. The molecular formula is C25H27ClN4O2. The number of hydrogen-bond acceptors (Lipinski definition) is 6. The van der Waals surface area contributed by atoms with Crippen molar-refractivity contribution in [3.63, 3.8) is 0 Å². The molecule has 2 aliphatic heterocycles. The van der Waals surface area contributed by atoms with Crippen LogP contribution >= 0.6 is 11.6 Å². The first-order valence-corrected chi connectivity index (χ1v) is 11.8. The molecule has 0 spiro atoms. The fourth-order valence-electron chi connectivity index (χ4n) is 5.89. The van der Waals surface area contributed by atoms with Gasteiger partial charge in [0.05, 0.1) is 24.1 Å². The lowest BCUT2D eigenvalue weighted by atomic mass is 9.52. The summed E-state index contributed by atoms with van der Waals surface area (Å²) in [5.74, 6) is -2.10. The van der Waals surface area contributed by atoms with Crippen molar-refractivity contribution >= 4 is 17.5 Å². The third-order valence-electron chi connectivity index (χ3n) is 7.50. The van der Waals surface area contributed by atoms with Gasteiger partial charge in [-0.25, -0.2) is 0 Å². The van der Waals surface area contributed by atoms with Crippen molar-refractivity contribution in [2.45, 2.75) is 76.1 Å². The van der Waals surface area contributed by atoms with E-state index in [1.165, 1.54) is 12.8 Å². The summed E-state index contributed by atoms with van der Waals surface area (Å²) in [6, 6.07) is 13.4. The Bertz CT molecular complexity index is 1010. The predicted octanol–water partition coefficient (Wildman–Crippen LogP) is 6.19. The molecule has 2 bridgehead atoms. The molecule has 0 amide bonds. The van der Waals surface area contributed by atoms with E-state index in [2.05, 4.69) is 18.2 Å². The quantitative estimate of drug-likeness (QED) is 0.547. The highest BCUT2D eigenvalue weighted by molar-refractivity contribution is 6.31. The second kappa shape index (κ2) is 8.74. The number of rotatable bonds is 1. The van der Waals surface area contributed by atoms with Crippen molar-refractivity contribution in [2.75, 3.05) is 0 Å². The Kier molecular flexibility index (Phi) is 6.17. The third-order valence-corrected chi connectivity index (χ3v) is 7.85. The summed E-state index contributed by atoms with van der Waals surface area (Å²) in [5.41, 5.74) is -3.20. The standard InChI is InChI=1S/C25H27ClN4O2/c26-19-12-9-8-11-18(19)21-23(15-27,16-28)24(17-29)20-13-7-5-3-1-2-4-6-10-14-25(20,31-21)32-22(24)30/h8-9,11-12,20-21,30H,1-7,10,13-14H2. The summed E-state index contributed by atoms with van der Waals surface area (Å²) in [5, 5.41) is 40.4. The summed E-state index contributed by atoms with van der Waals surface area (Å²) in [6.07, 6.45) is 8.27. The minimum Gasteiger partial charge on any atom is -0.447 e. The van der Waals surface area contributed by atoms with Crippen LogP contribution < -0.4 is 0 Å². The van der Waals surface area contributed by atoms with Gasteiger partial charge in [-0.05, 0) is 18.9 Å². The van der Waals surface area contributed by atoms with Crippen LogP contribution in [0.5, 0.6) is 0 Å². The second-order valence-electron chi connectivity index (χ2n) is 9.13. The lowest BCUT2D eigenvalue weighted by molar-refractivity contribution is -0.287. The number of nitriles is 3. The molecule has 1 saturated carbocycles. The van der Waals surface area contributed by atoms with Crippen molar-refractivity contribution in [1.82, 2.24) is 0 Å². The summed E-state index contributed by atoms with van der Waals surface area (Å²) >= 11 is 6.48. The average molecular weight is 451 g/mol. The number of halogens is 1. The van der Waals surface area contributed by atoms with Crippen LogP contribution in [0.2, 0.25) is 5.02 Å². The Labute approximate surface area is 194 Å². The third kappa shape index (κ3) is 3.11. The molecule has 2 heterocycles. The predicted molar refractivity (Wildman–Crippen MR) is 118 cm³/mol. The Morgan fingerprint density at radius 3 is 2.16 bits per heavy atom. The monoisotopic (exact) mass is 450 g/mol. The second-order valence-corrected chi connectivity index (χ2v) is 9.54. The van der Waals surface area contributed by atoms with E-state index >= 15 is 0 Å². The minimum atomic E-state index is -1.95. The summed E-state index contributed by atoms with van der Waals surface area (Å²) < 4.78 is 12.7. The van der Waals surface area contributed by atoms with Gasteiger partial charge in [0.15, 0.2) is 5.41 Å². The summed E-state index contributed by atoms with van der Waals surface area (Å²) in [6.45, 7) is 0. The first-order valence-electron chi connectivity index (χ1n) is 11.5. The van der Waals surface area contributed by atoms with Gasteiger partial charge in [0.25, 0.3) is 0 Å². The van der Waals surface area contributed by atoms with Crippen molar-refractivity contribution in [2.24, 2.45) is 16.7 Å². The minimum absolute atomic E-state index is 0.322. The number of nitrogens with one attached hydrogen (secondary N) is 1. The van der Waals surface area contributed by atoms with Gasteiger partial charge in [-0.2, -0.15) is 15.8 Å². The van der Waals surface area contributed by atoms with Crippen molar-refractivity contribution < 1.29 is 9.47 Å². The molecular weight excluding hydrogens is 424 g/mol. The van der Waals surface area contributed by atoms with Crippen LogP contribution in [0.3, 0.4) is 0 Å². The molecule has 3 fully saturated rings. The van der Waals surface area contributed by atoms with Crippen molar-refractivity contribution in [3.05, 3.63) is 34.9 Å². The van der Waals surface area contributed by atoms with Crippen molar-refractivity contribution in [1.29, 1.82) is 21.2 Å². The van der Waals surface area contributed by atoms with Crippen LogP contribution in [0.15, 0.2) is 24.3 Å². The molecule has 0 radical (unpaired) electrons. The lowest BCUT2D eigenvalue weighted by Crippen LogP contribution is -2.59. The first kappa shape index (κ1) is 22.6. The maximum atomic E-state index is 10.5. The largest absolute Gasteiger partial charge is 0.447 e. The zero-order chi connectivity index (χ0) is 22.8. The van der Waals surface area contributed by atoms with E-state index < -0.39 is 28.6 Å². The molecule has 2 saturated heterocycles. The van der Waals surface area contributed by atoms with Gasteiger partial charge >= 0.3 is 0 Å². The van der Waals surface area contributed by atoms with Gasteiger partial charge < -0.3 is 9.47 Å². The first-order chi connectivity index (χ1) is 15.5. The highest BCUT2D eigenvalue weighted by Crippen LogP contribution is 2.68. The molecule has 0 aromatic heterocycles. The number of ether oxygens (including phenoxy) is 2. The average Bonchev–Trinajstić information content (AvgIpc) is 2.97. The molecule has 4 atom stereocenters. The van der Waals surface area contributed by atoms with E-state index in [1.54, 1.807) is 24.3 Å². The van der Waals surface area contributed by atoms with E-state index in [0.29, 0.717) is 23.4 Å². The van der Waals surface area contributed by atoms with Crippen LogP contribution in [0.25, 0.3) is 0 Å². The maximum Gasteiger partial charge on any atom is 0.217 e. The molecule has 32 heavy (non-hydrogen) atoms. The highest BCUT2D eigenvalue weighted by atomic mass is 35.5. The molecule has 1 aromatic rings. The number of nitrogens with zero attached hydrogens (tertiary/aromatic N) is 3. The summed E-state index contributed by atoms with van der Waals surface area (Å²) in [7, 11) is 0. The summed E-state index contributed by atoms with van der Waals surface area (Å²) in [4.78, 5) is 0. The van der Waals surface area contributed by atoms with Gasteiger partial charge in [0.2, 0.25) is 17.1 Å². The van der Waals surface area contributed by atoms with Gasteiger partial charge in [-0.3, -0.25) is 5.41 Å². The molecule has 7 heteroatoms. The van der Waals surface area contributed by atoms with Crippen LogP contribution in [0, 0.1) is 56.2 Å². The van der Waals surface area contributed by atoms with E-state index in [-0.39, 0.29) is 5.90 Å². The lowest BCUT2D eigenvalue weighted by Gasteiger charge is -2.50. The molecule has 4 unspecified atom stereocenters. The fraction of sp³-hybridized carbons (Fsp3) is 0.600. The molecule has 1 aromatic carbocycles. The van der Waals surface area contributed by atoms with Gasteiger partial charge in [-0.15, -0.1) is 0 Å². The number of benzene rings is 1. The fourth-order valence-corrected chi connectivity index (χ4v) is 6.12. The molecule has 166 valence electrons. The van der Waals surface area contributed by atoms with Crippen LogP contribution in [0.4, 0.5) is 0 Å². The Morgan fingerprint density at radius 1 is 0.906 bits per heavy atom. The molecule has 1 N–H and O–H groups in total. The molecule has 6 nitrogen and oxygen atoms in total. The van der Waals surface area contributed by atoms with Crippen LogP contribution in [0.1, 0.15) is 75.9 Å². The normalized spacial score (nSPS) is 34.4. The van der Waals surface area contributed by atoms with Crippen molar-refractivity contribution in [3.8, 4) is 18.2 Å².